The molecule has 0 aliphatic carbocycles. The Bertz CT molecular complexity index is 1050. The average Bonchev–Trinajstić information content (AvgIpc) is 3.24. The lowest BCUT2D eigenvalue weighted by Gasteiger charge is -2.28. The Hall–Kier alpha value is -2.91. The third-order valence-corrected chi connectivity index (χ3v) is 6.23. The molecule has 8 nitrogen and oxygen atoms in total. The number of nitrogens with zero attached hydrogens (tertiary/aromatic N) is 5. The van der Waals surface area contributed by atoms with Gasteiger partial charge in [-0.2, -0.15) is 4.68 Å². The Morgan fingerprint density at radius 2 is 1.87 bits per heavy atom. The number of benzene rings is 2. The molecule has 0 unspecified atom stereocenters. The maximum absolute atomic E-state index is 12.8. The molecule has 1 fully saturated rings. The minimum absolute atomic E-state index is 0.0976. The van der Waals surface area contributed by atoms with E-state index in [9.17, 15) is 4.79 Å². The third kappa shape index (κ3) is 5.05. The molecule has 2 heterocycles. The van der Waals surface area contributed by atoms with Crippen LogP contribution in [0, 0.1) is 13.8 Å². The zero-order valence-electron chi connectivity index (χ0n) is 17.9. The molecule has 1 atom stereocenters. The van der Waals surface area contributed by atoms with Crippen molar-refractivity contribution in [1.82, 2.24) is 20.2 Å². The van der Waals surface area contributed by atoms with Gasteiger partial charge in [-0.05, 0) is 72.7 Å². The molecule has 0 radical (unpaired) electrons. The summed E-state index contributed by atoms with van der Waals surface area (Å²) in [7, 11) is 0. The number of tetrazole rings is 1. The van der Waals surface area contributed by atoms with Gasteiger partial charge in [0.15, 0.2) is 0 Å². The molecule has 162 valence electrons. The van der Waals surface area contributed by atoms with E-state index < -0.39 is 0 Å². The summed E-state index contributed by atoms with van der Waals surface area (Å²) in [5.74, 6) is -0.0976. The molecule has 0 saturated carbocycles. The van der Waals surface area contributed by atoms with Gasteiger partial charge in [-0.3, -0.25) is 4.79 Å². The van der Waals surface area contributed by atoms with Gasteiger partial charge in [0.2, 0.25) is 11.1 Å². The summed E-state index contributed by atoms with van der Waals surface area (Å²) in [5, 5.41) is 15.3. The molecular weight excluding hydrogens is 412 g/mol. The van der Waals surface area contributed by atoms with Gasteiger partial charge in [0.25, 0.3) is 0 Å². The van der Waals surface area contributed by atoms with Gasteiger partial charge < -0.3 is 15.0 Å². The lowest BCUT2D eigenvalue weighted by Crippen LogP contribution is -2.36. The number of ether oxygens (including phenoxy) is 1. The lowest BCUT2D eigenvalue weighted by molar-refractivity contribution is -0.115. The van der Waals surface area contributed by atoms with Crippen LogP contribution in [0.4, 0.5) is 11.4 Å². The van der Waals surface area contributed by atoms with Crippen LogP contribution in [-0.2, 0) is 9.53 Å². The van der Waals surface area contributed by atoms with Crippen LogP contribution in [-0.4, -0.2) is 57.7 Å². The van der Waals surface area contributed by atoms with Gasteiger partial charge in [0.05, 0.1) is 24.2 Å². The Morgan fingerprint density at radius 1 is 1.13 bits per heavy atom. The number of rotatable bonds is 6. The van der Waals surface area contributed by atoms with Gasteiger partial charge in [-0.1, -0.05) is 23.9 Å². The number of aromatic nitrogens is 4. The summed E-state index contributed by atoms with van der Waals surface area (Å²) < 4.78 is 7.09. The topological polar surface area (TPSA) is 85.2 Å². The van der Waals surface area contributed by atoms with Crippen LogP contribution in [0.3, 0.4) is 0 Å². The Balaban J connectivity index is 1.40. The molecule has 1 N–H and O–H groups in total. The Labute approximate surface area is 186 Å². The van der Waals surface area contributed by atoms with E-state index in [0.717, 1.165) is 54.5 Å². The van der Waals surface area contributed by atoms with Gasteiger partial charge in [-0.25, -0.2) is 0 Å². The van der Waals surface area contributed by atoms with E-state index in [-0.39, 0.29) is 11.2 Å². The summed E-state index contributed by atoms with van der Waals surface area (Å²) in [6.07, 6.45) is 0. The number of carbonyl (C=O) groups is 1. The molecule has 2 aromatic carbocycles. The molecule has 1 aliphatic heterocycles. The maximum atomic E-state index is 12.8. The van der Waals surface area contributed by atoms with Crippen molar-refractivity contribution in [2.24, 2.45) is 0 Å². The molecule has 0 spiro atoms. The van der Waals surface area contributed by atoms with E-state index in [0.29, 0.717) is 5.16 Å². The van der Waals surface area contributed by atoms with Gasteiger partial charge in [0.1, 0.15) is 0 Å². The van der Waals surface area contributed by atoms with E-state index in [1.165, 1.54) is 11.8 Å². The minimum Gasteiger partial charge on any atom is -0.378 e. The number of amides is 1. The first-order valence-electron chi connectivity index (χ1n) is 10.3. The Kier molecular flexibility index (Phi) is 6.53. The van der Waals surface area contributed by atoms with Crippen molar-refractivity contribution in [3.05, 3.63) is 53.6 Å². The van der Waals surface area contributed by atoms with E-state index >= 15 is 0 Å². The highest BCUT2D eigenvalue weighted by molar-refractivity contribution is 8.00. The number of hydrogen-bond acceptors (Lipinski definition) is 7. The maximum Gasteiger partial charge on any atom is 0.237 e. The zero-order chi connectivity index (χ0) is 21.8. The van der Waals surface area contributed by atoms with E-state index in [4.69, 9.17) is 4.74 Å². The van der Waals surface area contributed by atoms with E-state index in [1.54, 1.807) is 4.68 Å². The fourth-order valence-electron chi connectivity index (χ4n) is 3.38. The van der Waals surface area contributed by atoms with E-state index in [1.807, 2.05) is 57.2 Å². The molecular formula is C22H26N6O2S. The monoisotopic (exact) mass is 438 g/mol. The van der Waals surface area contributed by atoms with Gasteiger partial charge in [-0.15, -0.1) is 5.10 Å². The number of nitrogens with one attached hydrogen (secondary N) is 1. The molecule has 4 rings (SSSR count). The molecule has 1 aliphatic rings. The fraction of sp³-hybridized carbons (Fsp3) is 0.364. The quantitative estimate of drug-likeness (QED) is 0.592. The van der Waals surface area contributed by atoms with E-state index in [2.05, 4.69) is 31.8 Å². The van der Waals surface area contributed by atoms with Crippen LogP contribution in [0.1, 0.15) is 18.1 Å². The van der Waals surface area contributed by atoms with Crippen LogP contribution in [0.25, 0.3) is 5.69 Å². The molecule has 0 bridgehead atoms. The van der Waals surface area contributed by atoms with Gasteiger partial charge in [0, 0.05) is 24.5 Å². The highest BCUT2D eigenvalue weighted by atomic mass is 32.2. The SMILES string of the molecule is Cc1ccc(C)c(-n2nnnc2S[C@@H](C)C(=O)Nc2ccc(N3CCOCC3)cc2)c1. The van der Waals surface area contributed by atoms with Crippen LogP contribution in [0.5, 0.6) is 0 Å². The summed E-state index contributed by atoms with van der Waals surface area (Å²) >= 11 is 1.33. The number of aryl methyl sites for hydroxylation is 2. The molecule has 1 saturated heterocycles. The van der Waals surface area contributed by atoms with Crippen LogP contribution in [0.2, 0.25) is 0 Å². The molecule has 9 heteroatoms. The van der Waals surface area contributed by atoms with Crippen molar-refractivity contribution < 1.29 is 9.53 Å². The molecule has 1 aromatic heterocycles. The summed E-state index contributed by atoms with van der Waals surface area (Å²) in [6.45, 7) is 9.15. The summed E-state index contributed by atoms with van der Waals surface area (Å²) in [4.78, 5) is 15.0. The first-order chi connectivity index (χ1) is 15.0. The molecule has 3 aromatic rings. The average molecular weight is 439 g/mol. The predicted octanol–water partition coefficient (Wildman–Crippen LogP) is 3.24. The second kappa shape index (κ2) is 9.49. The van der Waals surface area contributed by atoms with Crippen LogP contribution < -0.4 is 10.2 Å². The highest BCUT2D eigenvalue weighted by Gasteiger charge is 2.20. The van der Waals surface area contributed by atoms with Crippen molar-refractivity contribution in [3.8, 4) is 5.69 Å². The number of thioether (sulfide) groups is 1. The zero-order valence-corrected chi connectivity index (χ0v) is 18.7. The van der Waals surface area contributed by atoms with Crippen molar-refractivity contribution in [1.29, 1.82) is 0 Å². The van der Waals surface area contributed by atoms with Crippen molar-refractivity contribution in [2.45, 2.75) is 31.2 Å². The van der Waals surface area contributed by atoms with Crippen LogP contribution in [0.15, 0.2) is 47.6 Å². The minimum atomic E-state index is -0.367. The molecule has 31 heavy (non-hydrogen) atoms. The highest BCUT2D eigenvalue weighted by Crippen LogP contribution is 2.26. The largest absolute Gasteiger partial charge is 0.378 e. The summed E-state index contributed by atoms with van der Waals surface area (Å²) in [5.41, 5.74) is 5.01. The first-order valence-corrected chi connectivity index (χ1v) is 11.2. The normalized spacial score (nSPS) is 15.0. The second-order valence-corrected chi connectivity index (χ2v) is 8.87. The summed E-state index contributed by atoms with van der Waals surface area (Å²) in [6, 6.07) is 14.0. The number of hydrogen-bond donors (Lipinski definition) is 1. The standard InChI is InChI=1S/C22H26N6O2S/c1-15-4-5-16(2)20(14-15)28-22(24-25-26-28)31-17(3)21(29)23-18-6-8-19(9-7-18)27-10-12-30-13-11-27/h4-9,14,17H,10-13H2,1-3H3,(H,23,29)/t17-/m0/s1. The lowest BCUT2D eigenvalue weighted by atomic mass is 10.1. The van der Waals surface area contributed by atoms with Crippen molar-refractivity contribution in [3.63, 3.8) is 0 Å². The van der Waals surface area contributed by atoms with Crippen LogP contribution >= 0.6 is 11.8 Å². The van der Waals surface area contributed by atoms with Crippen molar-refractivity contribution >= 4 is 29.0 Å². The van der Waals surface area contributed by atoms with Gasteiger partial charge >= 0.3 is 0 Å². The third-order valence-electron chi connectivity index (χ3n) is 5.20. The fourth-order valence-corrected chi connectivity index (χ4v) is 4.18. The smallest absolute Gasteiger partial charge is 0.237 e. The number of carbonyl (C=O) groups excluding carboxylic acids is 1. The first kappa shape index (κ1) is 21.3. The van der Waals surface area contributed by atoms with Crippen molar-refractivity contribution in [2.75, 3.05) is 36.5 Å². The Morgan fingerprint density at radius 3 is 2.61 bits per heavy atom. The number of anilines is 2. The predicted molar refractivity (Wildman–Crippen MR) is 122 cm³/mol. The molecule has 1 amide bonds. The second-order valence-electron chi connectivity index (χ2n) is 7.56. The number of morpholine rings is 1.